The second-order valence-corrected chi connectivity index (χ2v) is 4.95. The lowest BCUT2D eigenvalue weighted by molar-refractivity contribution is 0.836. The van der Waals surface area contributed by atoms with Crippen molar-refractivity contribution in [3.05, 3.63) is 46.4 Å². The molecule has 0 unspecified atom stereocenters. The van der Waals surface area contributed by atoms with Gasteiger partial charge in [0, 0.05) is 18.1 Å². The first-order chi connectivity index (χ1) is 8.60. The average molecular weight is 261 g/mol. The van der Waals surface area contributed by atoms with Gasteiger partial charge in [-0.1, -0.05) is 36.2 Å². The molecule has 2 nitrogen and oxygen atoms in total. The fraction of sp³-hybridized carbons (Fsp3) is 0.333. The number of halogens is 1. The van der Waals surface area contributed by atoms with Crippen molar-refractivity contribution in [3.63, 3.8) is 0 Å². The number of aromatic nitrogens is 2. The summed E-state index contributed by atoms with van der Waals surface area (Å²) >= 11 is 6.08. The molecule has 2 rings (SSSR count). The van der Waals surface area contributed by atoms with E-state index in [2.05, 4.69) is 48.9 Å². The Morgan fingerprint density at radius 3 is 2.61 bits per heavy atom. The molecule has 0 atom stereocenters. The first-order valence-electron chi connectivity index (χ1n) is 6.21. The predicted molar refractivity (Wildman–Crippen MR) is 75.9 cm³/mol. The molecule has 0 aliphatic rings. The Morgan fingerprint density at radius 1 is 1.11 bits per heavy atom. The lowest BCUT2D eigenvalue weighted by Gasteiger charge is -2.08. The number of benzene rings is 1. The molecule has 2 aromatic rings. The van der Waals surface area contributed by atoms with E-state index in [0.29, 0.717) is 5.15 Å². The van der Waals surface area contributed by atoms with Crippen LogP contribution in [0.4, 0.5) is 0 Å². The lowest BCUT2D eigenvalue weighted by atomic mass is 10.0. The zero-order valence-corrected chi connectivity index (χ0v) is 11.8. The Kier molecular flexibility index (Phi) is 3.97. The van der Waals surface area contributed by atoms with Crippen LogP contribution < -0.4 is 0 Å². The van der Waals surface area contributed by atoms with Crippen LogP contribution in [0.3, 0.4) is 0 Å². The summed E-state index contributed by atoms with van der Waals surface area (Å²) in [5.41, 5.74) is 4.48. The van der Waals surface area contributed by atoms with Gasteiger partial charge >= 0.3 is 0 Å². The van der Waals surface area contributed by atoms with Crippen LogP contribution in [0.15, 0.2) is 24.3 Å². The molecule has 0 saturated carbocycles. The third-order valence-electron chi connectivity index (χ3n) is 2.88. The Morgan fingerprint density at radius 2 is 1.89 bits per heavy atom. The van der Waals surface area contributed by atoms with Crippen molar-refractivity contribution >= 4 is 11.6 Å². The van der Waals surface area contributed by atoms with E-state index < -0.39 is 0 Å². The molecule has 0 saturated heterocycles. The summed E-state index contributed by atoms with van der Waals surface area (Å²) < 4.78 is 0. The fourth-order valence-electron chi connectivity index (χ4n) is 1.95. The first kappa shape index (κ1) is 13.0. The van der Waals surface area contributed by atoms with Crippen molar-refractivity contribution in [2.75, 3.05) is 0 Å². The molecule has 0 amide bonds. The van der Waals surface area contributed by atoms with Gasteiger partial charge < -0.3 is 0 Å². The van der Waals surface area contributed by atoms with E-state index in [-0.39, 0.29) is 0 Å². The van der Waals surface area contributed by atoms with Crippen LogP contribution in [0.5, 0.6) is 0 Å². The maximum Gasteiger partial charge on any atom is 0.133 e. The fourth-order valence-corrected chi connectivity index (χ4v) is 2.15. The average Bonchev–Trinajstić information content (AvgIpc) is 2.32. The molecule has 0 N–H and O–H groups in total. The molecular formula is C15H17ClN2. The quantitative estimate of drug-likeness (QED) is 0.766. The van der Waals surface area contributed by atoms with Gasteiger partial charge in [-0.15, -0.1) is 0 Å². The minimum Gasteiger partial charge on any atom is -0.233 e. The normalized spacial score (nSPS) is 10.7. The maximum absolute atomic E-state index is 6.08. The van der Waals surface area contributed by atoms with Crippen LogP contribution in [0.1, 0.15) is 30.3 Å². The van der Waals surface area contributed by atoms with Gasteiger partial charge in [-0.2, -0.15) is 0 Å². The van der Waals surface area contributed by atoms with E-state index in [9.17, 15) is 0 Å². The van der Waals surface area contributed by atoms with Crippen molar-refractivity contribution in [2.24, 2.45) is 0 Å². The first-order valence-corrected chi connectivity index (χ1v) is 6.59. The number of nitrogens with zero attached hydrogens (tertiary/aromatic N) is 2. The Bertz CT molecular complexity index is 564. The Hall–Kier alpha value is -1.41. The Labute approximate surface area is 113 Å². The van der Waals surface area contributed by atoms with Gasteiger partial charge in [-0.05, 0) is 31.9 Å². The summed E-state index contributed by atoms with van der Waals surface area (Å²) in [5, 5.41) is 0.518. The van der Waals surface area contributed by atoms with Crippen molar-refractivity contribution in [1.82, 2.24) is 9.97 Å². The molecule has 0 radical (unpaired) electrons. The predicted octanol–water partition coefficient (Wildman–Crippen LogP) is 4.37. The highest BCUT2D eigenvalue weighted by Gasteiger charge is 2.08. The van der Waals surface area contributed by atoms with Crippen LogP contribution in [-0.2, 0) is 6.42 Å². The van der Waals surface area contributed by atoms with Crippen LogP contribution in [0.2, 0.25) is 5.15 Å². The molecule has 0 fully saturated rings. The third kappa shape index (κ3) is 2.88. The number of rotatable bonds is 3. The van der Waals surface area contributed by atoms with Gasteiger partial charge in [-0.25, -0.2) is 9.97 Å². The highest BCUT2D eigenvalue weighted by atomic mass is 35.5. The van der Waals surface area contributed by atoms with E-state index in [4.69, 9.17) is 11.6 Å². The summed E-state index contributed by atoms with van der Waals surface area (Å²) in [5.74, 6) is 0.820. The second kappa shape index (κ2) is 5.49. The van der Waals surface area contributed by atoms with Gasteiger partial charge in [0.15, 0.2) is 0 Å². The Balaban J connectivity index is 2.52. The molecule has 1 heterocycles. The topological polar surface area (TPSA) is 25.8 Å². The van der Waals surface area contributed by atoms with Crippen molar-refractivity contribution in [2.45, 2.75) is 33.6 Å². The maximum atomic E-state index is 6.08. The van der Waals surface area contributed by atoms with Gasteiger partial charge in [0.05, 0.1) is 5.69 Å². The van der Waals surface area contributed by atoms with Crippen molar-refractivity contribution in [3.8, 4) is 11.3 Å². The zero-order valence-electron chi connectivity index (χ0n) is 11.0. The summed E-state index contributed by atoms with van der Waals surface area (Å²) in [6, 6.07) is 8.20. The molecule has 0 aliphatic heterocycles. The van der Waals surface area contributed by atoms with Gasteiger partial charge in [0.25, 0.3) is 0 Å². The molecule has 3 heteroatoms. The molecule has 0 bridgehead atoms. The van der Waals surface area contributed by atoms with Crippen LogP contribution in [0, 0.1) is 13.8 Å². The number of hydrogen-bond acceptors (Lipinski definition) is 2. The van der Waals surface area contributed by atoms with E-state index in [1.54, 1.807) is 0 Å². The molecule has 1 aromatic carbocycles. The lowest BCUT2D eigenvalue weighted by Crippen LogP contribution is -1.98. The van der Waals surface area contributed by atoms with Gasteiger partial charge in [0.2, 0.25) is 0 Å². The SMILES string of the molecule is CCCc1nc(Cl)cc(-c2cc(C)ccc2C)n1. The highest BCUT2D eigenvalue weighted by molar-refractivity contribution is 6.29. The minimum absolute atomic E-state index is 0.518. The largest absolute Gasteiger partial charge is 0.233 e. The second-order valence-electron chi connectivity index (χ2n) is 4.56. The molecule has 1 aromatic heterocycles. The summed E-state index contributed by atoms with van der Waals surface area (Å²) in [4.78, 5) is 8.86. The smallest absolute Gasteiger partial charge is 0.133 e. The van der Waals surface area contributed by atoms with E-state index in [0.717, 1.165) is 29.9 Å². The number of hydrogen-bond donors (Lipinski definition) is 0. The summed E-state index contributed by atoms with van der Waals surface area (Å²) in [6.45, 7) is 6.28. The van der Waals surface area contributed by atoms with E-state index >= 15 is 0 Å². The third-order valence-corrected chi connectivity index (χ3v) is 3.08. The zero-order chi connectivity index (χ0) is 13.1. The standard InChI is InChI=1S/C15H17ClN2/c1-4-5-15-17-13(9-14(16)18-15)12-8-10(2)6-7-11(12)3/h6-9H,4-5H2,1-3H3. The summed E-state index contributed by atoms with van der Waals surface area (Å²) in [6.07, 6.45) is 1.88. The number of aryl methyl sites for hydroxylation is 3. The van der Waals surface area contributed by atoms with Gasteiger partial charge in [-0.3, -0.25) is 0 Å². The minimum atomic E-state index is 0.518. The molecule has 0 spiro atoms. The highest BCUT2D eigenvalue weighted by Crippen LogP contribution is 2.24. The van der Waals surface area contributed by atoms with E-state index in [1.807, 2.05) is 6.07 Å². The van der Waals surface area contributed by atoms with Crippen LogP contribution in [-0.4, -0.2) is 9.97 Å². The van der Waals surface area contributed by atoms with Crippen molar-refractivity contribution < 1.29 is 0 Å². The van der Waals surface area contributed by atoms with Crippen LogP contribution in [0.25, 0.3) is 11.3 Å². The van der Waals surface area contributed by atoms with Crippen LogP contribution >= 0.6 is 11.6 Å². The molecular weight excluding hydrogens is 244 g/mol. The van der Waals surface area contributed by atoms with Crippen molar-refractivity contribution in [1.29, 1.82) is 0 Å². The summed E-state index contributed by atoms with van der Waals surface area (Å²) in [7, 11) is 0. The monoisotopic (exact) mass is 260 g/mol. The molecule has 0 aliphatic carbocycles. The molecule has 18 heavy (non-hydrogen) atoms. The molecule has 94 valence electrons. The van der Waals surface area contributed by atoms with E-state index in [1.165, 1.54) is 11.1 Å². The van der Waals surface area contributed by atoms with Gasteiger partial charge in [0.1, 0.15) is 11.0 Å².